The van der Waals surface area contributed by atoms with Gasteiger partial charge in [0, 0.05) is 24.8 Å². The fourth-order valence-corrected chi connectivity index (χ4v) is 4.32. The van der Waals surface area contributed by atoms with E-state index in [4.69, 9.17) is 8.92 Å². The Morgan fingerprint density at radius 1 is 0.972 bits per heavy atom. The molecule has 0 saturated carbocycles. The maximum absolute atomic E-state index is 12.4. The molecule has 0 spiro atoms. The number of aryl methyl sites for hydroxylation is 2. The molecule has 0 N–H and O–H groups in total. The van der Waals surface area contributed by atoms with E-state index in [2.05, 4.69) is 10.2 Å². The first-order valence-electron chi connectivity index (χ1n) is 11.2. The molecule has 11 heteroatoms. The zero-order valence-electron chi connectivity index (χ0n) is 20.5. The molecular formula is C25H28N4O6S. The summed E-state index contributed by atoms with van der Waals surface area (Å²) >= 11 is 0. The first kappa shape index (κ1) is 26.8. The normalized spacial score (nSPS) is 11.6. The first-order valence-corrected chi connectivity index (χ1v) is 12.6. The summed E-state index contributed by atoms with van der Waals surface area (Å²) in [6, 6.07) is 16.2. The molecule has 0 aliphatic rings. The Hall–Kier alpha value is -3.83. The van der Waals surface area contributed by atoms with Crippen LogP contribution in [0.3, 0.4) is 0 Å². The first-order chi connectivity index (χ1) is 17.1. The highest BCUT2D eigenvalue weighted by atomic mass is 32.2. The van der Waals surface area contributed by atoms with E-state index in [0.717, 1.165) is 16.8 Å². The molecule has 0 amide bonds. The minimum Gasteiger partial charge on any atom is -0.494 e. The van der Waals surface area contributed by atoms with Crippen molar-refractivity contribution in [3.63, 3.8) is 0 Å². The van der Waals surface area contributed by atoms with Crippen molar-refractivity contribution in [3.05, 3.63) is 81.9 Å². The average molecular weight is 513 g/mol. The van der Waals surface area contributed by atoms with Crippen LogP contribution < -0.4 is 9.64 Å². The van der Waals surface area contributed by atoms with Crippen molar-refractivity contribution in [2.24, 2.45) is 10.2 Å². The number of ether oxygens (including phenoxy) is 1. The molecule has 3 aromatic carbocycles. The van der Waals surface area contributed by atoms with E-state index < -0.39 is 15.0 Å². The molecular weight excluding hydrogens is 484 g/mol. The maximum atomic E-state index is 12.4. The SMILES string of the molecule is CCN(CCOS(=O)(=O)c1ccc(C)cc1)c1ccc(N=Nc2ccc([N+](=O)[O-])cc2OC)c(C)c1. The van der Waals surface area contributed by atoms with E-state index >= 15 is 0 Å². The second-order valence-corrected chi connectivity index (χ2v) is 9.57. The van der Waals surface area contributed by atoms with Crippen LogP contribution >= 0.6 is 0 Å². The number of rotatable bonds is 11. The number of nitro benzene ring substituents is 1. The molecule has 0 atom stereocenters. The smallest absolute Gasteiger partial charge is 0.297 e. The van der Waals surface area contributed by atoms with Crippen molar-refractivity contribution in [3.8, 4) is 5.75 Å². The zero-order valence-corrected chi connectivity index (χ0v) is 21.4. The highest BCUT2D eigenvalue weighted by molar-refractivity contribution is 7.86. The lowest BCUT2D eigenvalue weighted by molar-refractivity contribution is -0.384. The second kappa shape index (κ2) is 11.7. The van der Waals surface area contributed by atoms with E-state index in [1.54, 1.807) is 18.2 Å². The van der Waals surface area contributed by atoms with Crippen LogP contribution in [-0.2, 0) is 14.3 Å². The van der Waals surface area contributed by atoms with Gasteiger partial charge in [-0.15, -0.1) is 5.11 Å². The van der Waals surface area contributed by atoms with Gasteiger partial charge < -0.3 is 9.64 Å². The molecule has 0 aliphatic heterocycles. The third kappa shape index (κ3) is 6.64. The van der Waals surface area contributed by atoms with Gasteiger partial charge in [-0.05, 0) is 62.7 Å². The van der Waals surface area contributed by atoms with E-state index in [9.17, 15) is 18.5 Å². The number of likely N-dealkylation sites (N-methyl/N-ethyl adjacent to an activating group) is 1. The molecule has 3 aromatic rings. The van der Waals surface area contributed by atoms with Crippen LogP contribution in [0, 0.1) is 24.0 Å². The summed E-state index contributed by atoms with van der Waals surface area (Å²) in [5.74, 6) is 0.250. The van der Waals surface area contributed by atoms with Crippen LogP contribution in [0.25, 0.3) is 0 Å². The van der Waals surface area contributed by atoms with Crippen molar-refractivity contribution < 1.29 is 22.3 Å². The molecule has 10 nitrogen and oxygen atoms in total. The maximum Gasteiger partial charge on any atom is 0.297 e. The molecule has 0 saturated heterocycles. The second-order valence-electron chi connectivity index (χ2n) is 7.95. The Bertz CT molecular complexity index is 1360. The number of hydrogen-bond acceptors (Lipinski definition) is 9. The highest BCUT2D eigenvalue weighted by Gasteiger charge is 2.16. The topological polar surface area (TPSA) is 124 Å². The van der Waals surface area contributed by atoms with Crippen LogP contribution in [-0.4, -0.2) is 40.1 Å². The lowest BCUT2D eigenvalue weighted by Crippen LogP contribution is -2.28. The van der Waals surface area contributed by atoms with Gasteiger partial charge in [-0.2, -0.15) is 13.5 Å². The van der Waals surface area contributed by atoms with Gasteiger partial charge in [0.25, 0.3) is 15.8 Å². The molecule has 36 heavy (non-hydrogen) atoms. The van der Waals surface area contributed by atoms with Crippen LogP contribution in [0.2, 0.25) is 0 Å². The molecule has 0 aromatic heterocycles. The van der Waals surface area contributed by atoms with Gasteiger partial charge in [0.05, 0.1) is 35.3 Å². The summed E-state index contributed by atoms with van der Waals surface area (Å²) in [5.41, 5.74) is 3.60. The van der Waals surface area contributed by atoms with Crippen LogP contribution in [0.1, 0.15) is 18.1 Å². The molecule has 3 rings (SSSR count). The largest absolute Gasteiger partial charge is 0.494 e. The van der Waals surface area contributed by atoms with Crippen molar-refractivity contribution in [1.82, 2.24) is 0 Å². The fourth-order valence-electron chi connectivity index (χ4n) is 3.42. The van der Waals surface area contributed by atoms with Gasteiger partial charge in [0.15, 0.2) is 5.75 Å². The summed E-state index contributed by atoms with van der Waals surface area (Å²) in [5, 5.41) is 19.4. The minimum absolute atomic E-state index is 0.00446. The number of nitro groups is 1. The van der Waals surface area contributed by atoms with Gasteiger partial charge in [-0.25, -0.2) is 0 Å². The van der Waals surface area contributed by atoms with Crippen molar-refractivity contribution >= 4 is 32.9 Å². The molecule has 0 heterocycles. The molecule has 190 valence electrons. The molecule has 0 unspecified atom stereocenters. The van der Waals surface area contributed by atoms with Crippen molar-refractivity contribution in [2.75, 3.05) is 31.7 Å². The van der Waals surface area contributed by atoms with Crippen LogP contribution in [0.5, 0.6) is 5.75 Å². The van der Waals surface area contributed by atoms with Gasteiger partial charge in [-0.3, -0.25) is 14.3 Å². The number of anilines is 1. The van der Waals surface area contributed by atoms with Gasteiger partial charge in [0.1, 0.15) is 5.69 Å². The van der Waals surface area contributed by atoms with Crippen molar-refractivity contribution in [1.29, 1.82) is 0 Å². The Morgan fingerprint density at radius 3 is 2.25 bits per heavy atom. The Kier molecular flexibility index (Phi) is 8.73. The standard InChI is InChI=1S/C25H28N4O6S/c1-5-28(14-15-35-36(32,33)22-10-6-18(2)7-11-22)20-8-12-23(19(3)16-20)26-27-24-13-9-21(29(30)31)17-25(24)34-4/h6-13,16-17H,5,14-15H2,1-4H3. The predicted molar refractivity (Wildman–Crippen MR) is 137 cm³/mol. The van der Waals surface area contributed by atoms with Crippen LogP contribution in [0.4, 0.5) is 22.7 Å². The highest BCUT2D eigenvalue weighted by Crippen LogP contribution is 2.33. The monoisotopic (exact) mass is 512 g/mol. The summed E-state index contributed by atoms with van der Waals surface area (Å²) < 4.78 is 35.3. The third-order valence-corrected chi connectivity index (χ3v) is 6.80. The van der Waals surface area contributed by atoms with E-state index in [0.29, 0.717) is 24.5 Å². The fraction of sp³-hybridized carbons (Fsp3) is 0.280. The van der Waals surface area contributed by atoms with E-state index in [1.807, 2.05) is 37.8 Å². The average Bonchev–Trinajstić information content (AvgIpc) is 2.86. The number of benzene rings is 3. The number of hydrogen-bond donors (Lipinski definition) is 0. The molecule has 0 fully saturated rings. The lowest BCUT2D eigenvalue weighted by Gasteiger charge is -2.23. The zero-order chi connectivity index (χ0) is 26.3. The predicted octanol–water partition coefficient (Wildman–Crippen LogP) is 5.87. The Morgan fingerprint density at radius 2 is 1.64 bits per heavy atom. The summed E-state index contributed by atoms with van der Waals surface area (Å²) in [6.07, 6.45) is 0. The minimum atomic E-state index is -3.83. The Balaban J connectivity index is 1.68. The summed E-state index contributed by atoms with van der Waals surface area (Å²) in [7, 11) is -2.42. The molecule has 0 radical (unpaired) electrons. The quantitative estimate of drug-likeness (QED) is 0.136. The molecule has 0 aliphatic carbocycles. The van der Waals surface area contributed by atoms with Crippen molar-refractivity contribution in [2.45, 2.75) is 25.7 Å². The van der Waals surface area contributed by atoms with E-state index in [1.165, 1.54) is 37.4 Å². The number of azo groups is 1. The van der Waals surface area contributed by atoms with Crippen LogP contribution in [0.15, 0.2) is 75.8 Å². The molecule has 0 bridgehead atoms. The van der Waals surface area contributed by atoms with Gasteiger partial charge >= 0.3 is 0 Å². The number of nitrogens with zero attached hydrogens (tertiary/aromatic N) is 4. The summed E-state index contributed by atoms with van der Waals surface area (Å²) in [6.45, 7) is 6.77. The Labute approximate surface area is 210 Å². The summed E-state index contributed by atoms with van der Waals surface area (Å²) in [4.78, 5) is 12.6. The van der Waals surface area contributed by atoms with Gasteiger partial charge in [-0.1, -0.05) is 17.7 Å². The number of methoxy groups -OCH3 is 1. The van der Waals surface area contributed by atoms with Gasteiger partial charge in [0.2, 0.25) is 0 Å². The third-order valence-electron chi connectivity index (χ3n) is 5.48. The number of non-ortho nitro benzene ring substituents is 1. The lowest BCUT2D eigenvalue weighted by atomic mass is 10.1. The van der Waals surface area contributed by atoms with E-state index in [-0.39, 0.29) is 22.9 Å².